The molecule has 2 aliphatic carbocycles. The zero-order valence-corrected chi connectivity index (χ0v) is 16.1. The number of anilines is 1. The molecular weight excluding hydrogens is 374 g/mol. The van der Waals surface area contributed by atoms with Crippen molar-refractivity contribution in [3.05, 3.63) is 52.0 Å². The fraction of sp³-hybridized carbons (Fsp3) is 0.381. The van der Waals surface area contributed by atoms with Crippen LogP contribution >= 0.6 is 0 Å². The van der Waals surface area contributed by atoms with E-state index in [-0.39, 0.29) is 4.90 Å². The summed E-state index contributed by atoms with van der Waals surface area (Å²) in [6.07, 6.45) is 8.75. The number of nitrogens with two attached hydrogens (primary N) is 1. The van der Waals surface area contributed by atoms with Crippen LogP contribution in [0.4, 0.5) is 5.69 Å². The number of aryl methyl sites for hydroxylation is 1. The molecule has 1 saturated carbocycles. The molecule has 1 aliphatic heterocycles. The second-order valence-corrected chi connectivity index (χ2v) is 9.67. The maximum atomic E-state index is 12.8. The van der Waals surface area contributed by atoms with E-state index in [1.165, 1.54) is 31.2 Å². The Kier molecular flexibility index (Phi) is 3.03. The Bertz CT molecular complexity index is 1290. The Morgan fingerprint density at radius 2 is 2.04 bits per heavy atom. The summed E-state index contributed by atoms with van der Waals surface area (Å²) in [5.74, 6) is 0. The highest BCUT2D eigenvalue weighted by Crippen LogP contribution is 2.54. The summed E-state index contributed by atoms with van der Waals surface area (Å²) in [5, 5.41) is 5.40. The number of primary sulfonamides is 1. The topological polar surface area (TPSA) is 85.4 Å². The first-order chi connectivity index (χ1) is 14.5. The Hall–Kier alpha value is -2.38. The molecule has 0 unspecified atom stereocenters. The van der Waals surface area contributed by atoms with Gasteiger partial charge in [-0.25, -0.2) is 13.6 Å². The van der Waals surface area contributed by atoms with Crippen LogP contribution in [0.15, 0.2) is 40.2 Å². The minimum Gasteiger partial charge on any atom is -0.370 e. The van der Waals surface area contributed by atoms with Crippen LogP contribution in [0.25, 0.3) is 17.2 Å². The van der Waals surface area contributed by atoms with Gasteiger partial charge in [0.05, 0.1) is 4.90 Å². The molecule has 0 amide bonds. The minimum atomic E-state index is -3.96. The molecule has 2 fully saturated rings. The summed E-state index contributed by atoms with van der Waals surface area (Å²) in [7, 11) is -3.96. The van der Waals surface area contributed by atoms with E-state index in [4.69, 9.17) is 9.25 Å². The summed E-state index contributed by atoms with van der Waals surface area (Å²) >= 11 is 0. The Morgan fingerprint density at radius 1 is 1.21 bits per heavy atom. The predicted octanol–water partition coefficient (Wildman–Crippen LogP) is 2.26. The number of rotatable bonds is 3. The van der Waals surface area contributed by atoms with Crippen molar-refractivity contribution in [1.82, 2.24) is 4.57 Å². The number of aromatic nitrogens is 1. The first-order valence-corrected chi connectivity index (χ1v) is 10.9. The molecule has 2 N–H and O–H groups in total. The number of nitrogens with zero attached hydrogens (tertiary/aromatic N) is 2. The van der Waals surface area contributed by atoms with Crippen LogP contribution in [0, 0.1) is 5.41 Å². The maximum absolute atomic E-state index is 12.8. The van der Waals surface area contributed by atoms with Crippen LogP contribution in [0.2, 0.25) is 0 Å². The van der Waals surface area contributed by atoms with Crippen LogP contribution in [0.3, 0.4) is 0 Å². The van der Waals surface area contributed by atoms with Gasteiger partial charge >= 0.3 is 0 Å². The number of benzene rings is 1. The van der Waals surface area contributed by atoms with Gasteiger partial charge in [-0.3, -0.25) is 4.79 Å². The molecule has 5 rings (SSSR count). The molecule has 146 valence electrons. The van der Waals surface area contributed by atoms with Crippen LogP contribution in [0.5, 0.6) is 0 Å². The highest BCUT2D eigenvalue weighted by molar-refractivity contribution is 7.89. The average molecular weight is 401 g/mol. The van der Waals surface area contributed by atoms with Crippen LogP contribution in [0.1, 0.15) is 34.5 Å². The fourth-order valence-corrected chi connectivity index (χ4v) is 5.03. The molecule has 3 aliphatic rings. The molecule has 28 heavy (non-hydrogen) atoms. The maximum Gasteiger partial charge on any atom is 0.254 e. The smallest absolute Gasteiger partial charge is 0.254 e. The van der Waals surface area contributed by atoms with Crippen molar-refractivity contribution >= 4 is 21.8 Å². The summed E-state index contributed by atoms with van der Waals surface area (Å²) in [6.45, 7) is -0.919. The monoisotopic (exact) mass is 400 g/mol. The molecule has 6 nitrogen and oxygen atoms in total. The van der Waals surface area contributed by atoms with Crippen molar-refractivity contribution in [2.75, 3.05) is 18.0 Å². The molecule has 7 heteroatoms. The number of fused-ring (bicyclic) bond motifs is 1. The molecule has 2 heterocycles. The second-order valence-electron chi connectivity index (χ2n) is 8.11. The van der Waals surface area contributed by atoms with E-state index >= 15 is 0 Å². The average Bonchev–Trinajstić information content (AvgIpc) is 3.08. The van der Waals surface area contributed by atoms with Gasteiger partial charge in [-0.1, -0.05) is 12.2 Å². The standard InChI is InChI=1S/C21H23N3O3S/c1-23-12-18(15-3-2-4-16(15)20(23)25)17-11-14(28(22,26)27)5-6-19(17)24-10-9-21(13-24)7-8-21/h2-3,5-6,11-12H,4,7-10,13H2,1H3,(H2,22,26,27)/i1D3. The van der Waals surface area contributed by atoms with Gasteiger partial charge < -0.3 is 9.47 Å². The van der Waals surface area contributed by atoms with Gasteiger partial charge in [-0.05, 0) is 54.9 Å². The van der Waals surface area contributed by atoms with Gasteiger partial charge in [0.1, 0.15) is 0 Å². The lowest BCUT2D eigenvalue weighted by Gasteiger charge is -2.24. The summed E-state index contributed by atoms with van der Waals surface area (Å²) in [4.78, 5) is 15.0. The van der Waals surface area contributed by atoms with Crippen molar-refractivity contribution in [2.45, 2.75) is 30.6 Å². The van der Waals surface area contributed by atoms with E-state index in [9.17, 15) is 13.2 Å². The Balaban J connectivity index is 1.77. The highest BCUT2D eigenvalue weighted by atomic mass is 32.2. The van der Waals surface area contributed by atoms with E-state index in [1.807, 2.05) is 6.08 Å². The lowest BCUT2D eigenvalue weighted by atomic mass is 9.97. The van der Waals surface area contributed by atoms with Crippen LogP contribution in [-0.2, 0) is 23.4 Å². The zero-order chi connectivity index (χ0) is 22.2. The fourth-order valence-electron chi connectivity index (χ4n) is 4.49. The third-order valence-electron chi connectivity index (χ3n) is 6.28. The third-order valence-corrected chi connectivity index (χ3v) is 7.19. The van der Waals surface area contributed by atoms with Gasteiger partial charge in [0.2, 0.25) is 10.0 Å². The number of hydrogen-bond acceptors (Lipinski definition) is 4. The second kappa shape index (κ2) is 5.81. The van der Waals surface area contributed by atoms with E-state index < -0.39 is 22.6 Å². The van der Waals surface area contributed by atoms with Crippen molar-refractivity contribution in [2.24, 2.45) is 17.5 Å². The van der Waals surface area contributed by atoms with Gasteiger partial charge in [0.25, 0.3) is 5.56 Å². The molecule has 1 saturated heterocycles. The molecule has 0 bridgehead atoms. The van der Waals surface area contributed by atoms with E-state index in [1.54, 1.807) is 12.1 Å². The normalized spacial score (nSPS) is 21.5. The Morgan fingerprint density at radius 3 is 2.71 bits per heavy atom. The molecule has 1 aromatic heterocycles. The Labute approximate surface area is 168 Å². The number of allylic oxidation sites excluding steroid dienone is 1. The minimum absolute atomic E-state index is 0.0473. The predicted molar refractivity (Wildman–Crippen MR) is 110 cm³/mol. The van der Waals surface area contributed by atoms with E-state index in [0.717, 1.165) is 29.8 Å². The lowest BCUT2D eigenvalue weighted by Crippen LogP contribution is -2.23. The third kappa shape index (κ3) is 2.72. The zero-order valence-electron chi connectivity index (χ0n) is 18.3. The van der Waals surface area contributed by atoms with Gasteiger partial charge in [-0.2, -0.15) is 0 Å². The summed E-state index contributed by atoms with van der Waals surface area (Å²) in [6, 6.07) is 4.73. The van der Waals surface area contributed by atoms with Gasteiger partial charge in [-0.15, -0.1) is 0 Å². The molecule has 1 spiro atoms. The largest absolute Gasteiger partial charge is 0.370 e. The molecule has 0 radical (unpaired) electrons. The van der Waals surface area contributed by atoms with Gasteiger partial charge in [0.15, 0.2) is 0 Å². The molecular formula is C21H23N3O3S. The van der Waals surface area contributed by atoms with E-state index in [2.05, 4.69) is 4.90 Å². The molecule has 2 aromatic rings. The lowest BCUT2D eigenvalue weighted by molar-refractivity contribution is 0.581. The first-order valence-electron chi connectivity index (χ1n) is 10.9. The number of hydrogen-bond donors (Lipinski definition) is 1. The molecule has 1 aromatic carbocycles. The SMILES string of the molecule is [2H]C([2H])([2H])n1cc(-c2cc(S(N)(=O)=O)ccc2N2CCC3(CC3)C2)c2c(c1=O)CC=C2. The van der Waals surface area contributed by atoms with Crippen LogP contribution < -0.4 is 15.6 Å². The summed E-state index contributed by atoms with van der Waals surface area (Å²) < 4.78 is 48.4. The van der Waals surface area contributed by atoms with Crippen LogP contribution in [-0.4, -0.2) is 26.1 Å². The number of sulfonamides is 1. The van der Waals surface area contributed by atoms with E-state index in [0.29, 0.717) is 34.1 Å². The van der Waals surface area contributed by atoms with Gasteiger partial charge in [0, 0.05) is 52.8 Å². The molecule has 0 atom stereocenters. The summed E-state index contributed by atoms with van der Waals surface area (Å²) in [5.41, 5.74) is 2.76. The quantitative estimate of drug-likeness (QED) is 0.856. The number of pyridine rings is 1. The van der Waals surface area contributed by atoms with Crippen molar-refractivity contribution < 1.29 is 12.5 Å². The van der Waals surface area contributed by atoms with Crippen molar-refractivity contribution in [3.8, 4) is 11.1 Å². The highest BCUT2D eigenvalue weighted by Gasteiger charge is 2.48. The first kappa shape index (κ1) is 14.6. The van der Waals surface area contributed by atoms with Crippen molar-refractivity contribution in [1.29, 1.82) is 0 Å². The van der Waals surface area contributed by atoms with Crippen molar-refractivity contribution in [3.63, 3.8) is 0 Å².